The van der Waals surface area contributed by atoms with Crippen molar-refractivity contribution in [2.24, 2.45) is 7.05 Å². The van der Waals surface area contributed by atoms with E-state index in [0.717, 1.165) is 12.8 Å². The number of nitrogens with zero attached hydrogens (tertiary/aromatic N) is 4. The number of hydrogen-bond donors (Lipinski definition) is 0. The third-order valence-electron chi connectivity index (χ3n) is 3.48. The highest BCUT2D eigenvalue weighted by Crippen LogP contribution is 2.34. The van der Waals surface area contributed by atoms with E-state index in [4.69, 9.17) is 11.6 Å². The Hall–Kier alpha value is -1.44. The first-order valence-electron chi connectivity index (χ1n) is 6.58. The van der Waals surface area contributed by atoms with Gasteiger partial charge in [0.1, 0.15) is 15.9 Å². The molecule has 6 nitrogen and oxygen atoms in total. The molecule has 112 valence electrons. The maximum absolute atomic E-state index is 12.8. The summed E-state index contributed by atoms with van der Waals surface area (Å²) in [5, 5.41) is 0.00277. The van der Waals surface area contributed by atoms with E-state index >= 15 is 0 Å². The number of pyridine rings is 1. The zero-order valence-electron chi connectivity index (χ0n) is 11.5. The molecule has 21 heavy (non-hydrogen) atoms. The van der Waals surface area contributed by atoms with Crippen molar-refractivity contribution in [2.75, 3.05) is 0 Å². The first-order chi connectivity index (χ1) is 10.00. The van der Waals surface area contributed by atoms with Crippen LogP contribution in [0, 0.1) is 0 Å². The number of sulfonamides is 1. The van der Waals surface area contributed by atoms with E-state index in [1.54, 1.807) is 18.5 Å². The molecule has 2 aromatic heterocycles. The first-order valence-corrected chi connectivity index (χ1v) is 8.40. The van der Waals surface area contributed by atoms with Crippen molar-refractivity contribution in [1.29, 1.82) is 0 Å². The van der Waals surface area contributed by atoms with Crippen LogP contribution in [0.15, 0.2) is 35.6 Å². The molecule has 0 bridgehead atoms. The fourth-order valence-corrected chi connectivity index (χ4v) is 4.22. The SMILES string of the molecule is Cn1ccnc1CN(C1CC1)S(=O)(=O)c1cccnc1Cl. The van der Waals surface area contributed by atoms with Gasteiger partial charge in [0.15, 0.2) is 0 Å². The lowest BCUT2D eigenvalue weighted by atomic mass is 10.5. The smallest absolute Gasteiger partial charge is 0.246 e. The zero-order valence-corrected chi connectivity index (χ0v) is 13.0. The zero-order chi connectivity index (χ0) is 15.0. The van der Waals surface area contributed by atoms with Crippen LogP contribution in [0.5, 0.6) is 0 Å². The molecule has 1 aliphatic rings. The van der Waals surface area contributed by atoms with Gasteiger partial charge in [-0.15, -0.1) is 0 Å². The number of halogens is 1. The summed E-state index contributed by atoms with van der Waals surface area (Å²) in [7, 11) is -1.83. The molecule has 0 aliphatic heterocycles. The summed E-state index contributed by atoms with van der Waals surface area (Å²) >= 11 is 5.95. The van der Waals surface area contributed by atoms with Gasteiger partial charge in [-0.1, -0.05) is 11.6 Å². The Morgan fingerprint density at radius 2 is 2.14 bits per heavy atom. The van der Waals surface area contributed by atoms with E-state index in [9.17, 15) is 8.42 Å². The van der Waals surface area contributed by atoms with Gasteiger partial charge in [0, 0.05) is 31.7 Å². The van der Waals surface area contributed by atoms with E-state index in [1.165, 1.54) is 16.6 Å². The van der Waals surface area contributed by atoms with Crippen molar-refractivity contribution >= 4 is 21.6 Å². The quantitative estimate of drug-likeness (QED) is 0.786. The number of rotatable bonds is 5. The molecule has 0 radical (unpaired) electrons. The van der Waals surface area contributed by atoms with Crippen molar-refractivity contribution in [3.63, 3.8) is 0 Å². The van der Waals surface area contributed by atoms with Crippen molar-refractivity contribution in [3.05, 3.63) is 41.7 Å². The van der Waals surface area contributed by atoms with Gasteiger partial charge in [-0.2, -0.15) is 4.31 Å². The summed E-state index contributed by atoms with van der Waals surface area (Å²) in [5.41, 5.74) is 0. The second-order valence-corrected chi connectivity index (χ2v) is 7.25. The predicted molar refractivity (Wildman–Crippen MR) is 78.2 cm³/mol. The lowest BCUT2D eigenvalue weighted by Gasteiger charge is -2.21. The van der Waals surface area contributed by atoms with Gasteiger partial charge in [0.25, 0.3) is 0 Å². The van der Waals surface area contributed by atoms with Crippen molar-refractivity contribution < 1.29 is 8.42 Å². The molecule has 1 saturated carbocycles. The highest BCUT2D eigenvalue weighted by atomic mass is 35.5. The largest absolute Gasteiger partial charge is 0.337 e. The Kier molecular flexibility index (Phi) is 3.73. The van der Waals surface area contributed by atoms with Crippen LogP contribution in [-0.2, 0) is 23.6 Å². The lowest BCUT2D eigenvalue weighted by Crippen LogP contribution is -2.33. The van der Waals surface area contributed by atoms with Crippen LogP contribution in [0.3, 0.4) is 0 Å². The summed E-state index contributed by atoms with van der Waals surface area (Å²) in [6.45, 7) is 0.238. The Morgan fingerprint density at radius 3 is 2.71 bits per heavy atom. The maximum Gasteiger partial charge on any atom is 0.246 e. The molecule has 0 N–H and O–H groups in total. The summed E-state index contributed by atoms with van der Waals surface area (Å²) in [6.07, 6.45) is 6.65. The van der Waals surface area contributed by atoms with E-state index in [0.29, 0.717) is 5.82 Å². The van der Waals surface area contributed by atoms with Crippen molar-refractivity contribution in [3.8, 4) is 0 Å². The minimum Gasteiger partial charge on any atom is -0.337 e. The molecule has 2 heterocycles. The second kappa shape index (κ2) is 5.40. The normalized spacial score (nSPS) is 15.6. The molecule has 0 amide bonds. The third kappa shape index (κ3) is 2.81. The molecule has 2 aromatic rings. The van der Waals surface area contributed by atoms with Crippen LogP contribution in [0.1, 0.15) is 18.7 Å². The summed E-state index contributed by atoms with van der Waals surface area (Å²) in [4.78, 5) is 8.11. The number of aryl methyl sites for hydroxylation is 1. The van der Waals surface area contributed by atoms with Gasteiger partial charge in [-0.3, -0.25) is 0 Å². The molecule has 0 aromatic carbocycles. The van der Waals surface area contributed by atoms with E-state index < -0.39 is 10.0 Å². The molecule has 0 spiro atoms. The van der Waals surface area contributed by atoms with Crippen molar-refractivity contribution in [2.45, 2.75) is 30.3 Å². The maximum atomic E-state index is 12.8. The standard InChI is InChI=1S/C13H15ClN4O2S/c1-17-8-7-15-12(17)9-18(10-4-5-10)21(19,20)11-3-2-6-16-13(11)14/h2-3,6-8,10H,4-5,9H2,1H3. The Bertz CT molecular complexity index is 755. The average molecular weight is 327 g/mol. The number of imidazole rings is 1. The van der Waals surface area contributed by atoms with Gasteiger partial charge in [0.05, 0.1) is 6.54 Å². The molecule has 1 fully saturated rings. The van der Waals surface area contributed by atoms with Crippen LogP contribution >= 0.6 is 11.6 Å². The minimum atomic E-state index is -3.68. The van der Waals surface area contributed by atoms with Crippen LogP contribution in [0.4, 0.5) is 0 Å². The number of aromatic nitrogens is 3. The predicted octanol–water partition coefficient (Wildman–Crippen LogP) is 1.82. The molecular weight excluding hydrogens is 312 g/mol. The third-order valence-corrected chi connectivity index (χ3v) is 5.83. The highest BCUT2D eigenvalue weighted by molar-refractivity contribution is 7.89. The summed E-state index contributed by atoms with van der Waals surface area (Å²) in [6, 6.07) is 3.08. The van der Waals surface area contributed by atoms with Gasteiger partial charge >= 0.3 is 0 Å². The van der Waals surface area contributed by atoms with Gasteiger partial charge in [-0.05, 0) is 25.0 Å². The lowest BCUT2D eigenvalue weighted by molar-refractivity contribution is 0.385. The topological polar surface area (TPSA) is 68.1 Å². The second-order valence-electron chi connectivity index (χ2n) is 5.03. The van der Waals surface area contributed by atoms with E-state index in [-0.39, 0.29) is 22.6 Å². The molecule has 1 aliphatic carbocycles. The monoisotopic (exact) mass is 326 g/mol. The average Bonchev–Trinajstić information content (AvgIpc) is 3.20. The van der Waals surface area contributed by atoms with Crippen LogP contribution in [0.25, 0.3) is 0 Å². The van der Waals surface area contributed by atoms with E-state index in [2.05, 4.69) is 9.97 Å². The number of hydrogen-bond acceptors (Lipinski definition) is 4. The van der Waals surface area contributed by atoms with Gasteiger partial charge < -0.3 is 4.57 Å². The molecule has 0 saturated heterocycles. The Morgan fingerprint density at radius 1 is 1.38 bits per heavy atom. The van der Waals surface area contributed by atoms with Crippen LogP contribution < -0.4 is 0 Å². The van der Waals surface area contributed by atoms with Gasteiger partial charge in [0.2, 0.25) is 10.0 Å². The van der Waals surface area contributed by atoms with Crippen LogP contribution in [0.2, 0.25) is 5.15 Å². The first kappa shape index (κ1) is 14.5. The van der Waals surface area contributed by atoms with Crippen LogP contribution in [-0.4, -0.2) is 33.3 Å². The minimum absolute atomic E-state index is 0.00277. The summed E-state index contributed by atoms with van der Waals surface area (Å²) < 4.78 is 29.0. The van der Waals surface area contributed by atoms with Gasteiger partial charge in [-0.25, -0.2) is 18.4 Å². The Balaban J connectivity index is 1.97. The molecule has 0 unspecified atom stereocenters. The molecule has 3 rings (SSSR count). The highest BCUT2D eigenvalue weighted by Gasteiger charge is 2.39. The molecule has 8 heteroatoms. The fourth-order valence-electron chi connectivity index (χ4n) is 2.15. The molecular formula is C13H15ClN4O2S. The fraction of sp³-hybridized carbons (Fsp3) is 0.385. The summed E-state index contributed by atoms with van der Waals surface area (Å²) in [5.74, 6) is 0.700. The van der Waals surface area contributed by atoms with E-state index in [1.807, 2.05) is 11.6 Å². The molecule has 0 atom stereocenters. The van der Waals surface area contributed by atoms with Crippen molar-refractivity contribution in [1.82, 2.24) is 18.8 Å². The Labute approximate surface area is 128 Å².